The Balaban J connectivity index is 1.75. The molecule has 8 heteroatoms. The van der Waals surface area contributed by atoms with Gasteiger partial charge in [0.05, 0.1) is 29.9 Å². The van der Waals surface area contributed by atoms with E-state index in [-0.39, 0.29) is 11.6 Å². The van der Waals surface area contributed by atoms with Gasteiger partial charge in [-0.1, -0.05) is 24.3 Å². The lowest BCUT2D eigenvalue weighted by molar-refractivity contribution is -0.122. The average molecular weight is 386 g/mol. The van der Waals surface area contributed by atoms with E-state index in [4.69, 9.17) is 4.74 Å². The maximum Gasteiger partial charge on any atom is 0.339 e. The number of nitrogens with zero attached hydrogens (tertiary/aromatic N) is 1. The molecule has 6 nitrogen and oxygen atoms in total. The summed E-state index contributed by atoms with van der Waals surface area (Å²) in [4.78, 5) is 37.7. The molecule has 0 aliphatic carbocycles. The number of esters is 1. The molecule has 1 N–H and O–H groups in total. The largest absolute Gasteiger partial charge is 0.465 e. The van der Waals surface area contributed by atoms with Gasteiger partial charge < -0.3 is 10.1 Å². The van der Waals surface area contributed by atoms with Crippen molar-refractivity contribution in [2.75, 3.05) is 19.1 Å². The van der Waals surface area contributed by atoms with E-state index in [1.54, 1.807) is 30.3 Å². The third-order valence-electron chi connectivity index (χ3n) is 3.78. The van der Waals surface area contributed by atoms with Crippen molar-refractivity contribution >= 4 is 40.6 Å². The van der Waals surface area contributed by atoms with E-state index in [0.29, 0.717) is 16.8 Å². The lowest BCUT2D eigenvalue weighted by atomic mass is 10.2. The molecule has 0 saturated carbocycles. The van der Waals surface area contributed by atoms with E-state index in [9.17, 15) is 18.8 Å². The summed E-state index contributed by atoms with van der Waals surface area (Å²) in [5.41, 5.74) is 1.23. The Bertz CT molecular complexity index is 945. The minimum absolute atomic E-state index is 0.112. The number of hydrogen-bond donors (Lipinski definition) is 1. The van der Waals surface area contributed by atoms with Crippen LogP contribution in [-0.4, -0.2) is 35.8 Å². The number of amides is 2. The first-order valence-corrected chi connectivity index (χ1v) is 8.73. The Morgan fingerprint density at radius 3 is 2.74 bits per heavy atom. The average Bonchev–Trinajstić information content (AvgIpc) is 2.92. The van der Waals surface area contributed by atoms with Crippen molar-refractivity contribution in [3.8, 4) is 0 Å². The fourth-order valence-electron chi connectivity index (χ4n) is 2.47. The van der Waals surface area contributed by atoms with Gasteiger partial charge in [-0.25, -0.2) is 9.18 Å². The molecule has 2 aromatic rings. The fraction of sp³-hybridized carbons (Fsp3) is 0.105. The number of thioether (sulfide) groups is 1. The van der Waals surface area contributed by atoms with Gasteiger partial charge in [-0.15, -0.1) is 0 Å². The molecule has 1 saturated heterocycles. The Hall–Kier alpha value is -3.13. The number of halogens is 1. The molecule has 2 amide bonds. The van der Waals surface area contributed by atoms with Crippen LogP contribution < -0.4 is 5.32 Å². The van der Waals surface area contributed by atoms with Crippen LogP contribution in [0.5, 0.6) is 0 Å². The summed E-state index contributed by atoms with van der Waals surface area (Å²) in [5, 5.41) is 2.45. The summed E-state index contributed by atoms with van der Waals surface area (Å²) in [5.74, 6) is -1.44. The van der Waals surface area contributed by atoms with Crippen molar-refractivity contribution in [3.05, 3.63) is 70.4 Å². The van der Waals surface area contributed by atoms with Gasteiger partial charge in [0.25, 0.3) is 11.1 Å². The topological polar surface area (TPSA) is 75.7 Å². The van der Waals surface area contributed by atoms with E-state index >= 15 is 0 Å². The Morgan fingerprint density at radius 1 is 1.22 bits per heavy atom. The number of imide groups is 1. The molecule has 1 fully saturated rings. The molecule has 1 heterocycles. The zero-order chi connectivity index (χ0) is 19.4. The van der Waals surface area contributed by atoms with Crippen molar-refractivity contribution < 1.29 is 23.5 Å². The van der Waals surface area contributed by atoms with Gasteiger partial charge >= 0.3 is 5.97 Å². The number of rotatable bonds is 5. The second-order valence-electron chi connectivity index (χ2n) is 5.54. The molecule has 0 spiro atoms. The Morgan fingerprint density at radius 2 is 2.00 bits per heavy atom. The van der Waals surface area contributed by atoms with Crippen LogP contribution in [0.4, 0.5) is 14.9 Å². The Labute approximate surface area is 159 Å². The minimum atomic E-state index is -0.529. The molecule has 0 bridgehead atoms. The van der Waals surface area contributed by atoms with Crippen LogP contribution in [-0.2, 0) is 9.53 Å². The number of carbonyl (C=O) groups excluding carboxylic acids is 3. The van der Waals surface area contributed by atoms with Gasteiger partial charge in [-0.3, -0.25) is 14.5 Å². The Kier molecular flexibility index (Phi) is 5.56. The lowest BCUT2D eigenvalue weighted by Gasteiger charge is -2.16. The molecule has 0 radical (unpaired) electrons. The normalized spacial score (nSPS) is 15.3. The van der Waals surface area contributed by atoms with Crippen LogP contribution in [0.1, 0.15) is 15.9 Å². The molecule has 0 aromatic heterocycles. The molecule has 0 atom stereocenters. The number of nitrogens with one attached hydrogen (secondary N) is 1. The van der Waals surface area contributed by atoms with E-state index in [2.05, 4.69) is 5.32 Å². The van der Waals surface area contributed by atoms with Crippen molar-refractivity contribution in [1.29, 1.82) is 0 Å². The summed E-state index contributed by atoms with van der Waals surface area (Å²) in [7, 11) is 1.27. The summed E-state index contributed by atoms with van der Waals surface area (Å²) >= 11 is 0.777. The van der Waals surface area contributed by atoms with Gasteiger partial charge in [-0.05, 0) is 47.7 Å². The predicted molar refractivity (Wildman–Crippen MR) is 100 cm³/mol. The fourth-order valence-corrected chi connectivity index (χ4v) is 3.31. The van der Waals surface area contributed by atoms with E-state index in [0.717, 1.165) is 16.7 Å². The minimum Gasteiger partial charge on any atom is -0.465 e. The van der Waals surface area contributed by atoms with Crippen LogP contribution in [0.3, 0.4) is 0 Å². The van der Waals surface area contributed by atoms with Crippen LogP contribution in [0.2, 0.25) is 0 Å². The SMILES string of the molecule is COC(=O)c1ccccc1NCN1C(=O)S/C(=C\c2cccc(F)c2)C1=O. The first-order chi connectivity index (χ1) is 13.0. The summed E-state index contributed by atoms with van der Waals surface area (Å²) < 4.78 is 18.0. The van der Waals surface area contributed by atoms with Crippen molar-refractivity contribution in [3.63, 3.8) is 0 Å². The van der Waals surface area contributed by atoms with Crippen LogP contribution in [0.25, 0.3) is 6.08 Å². The van der Waals surface area contributed by atoms with Crippen LogP contribution in [0, 0.1) is 5.82 Å². The van der Waals surface area contributed by atoms with E-state index in [1.165, 1.54) is 31.4 Å². The maximum atomic E-state index is 13.3. The predicted octanol–water partition coefficient (Wildman–Crippen LogP) is 3.72. The quantitative estimate of drug-likeness (QED) is 0.624. The smallest absolute Gasteiger partial charge is 0.339 e. The first kappa shape index (κ1) is 18.7. The van der Waals surface area contributed by atoms with Gasteiger partial charge in [0.15, 0.2) is 0 Å². The van der Waals surface area contributed by atoms with Crippen molar-refractivity contribution in [1.82, 2.24) is 4.90 Å². The number of hydrogen-bond acceptors (Lipinski definition) is 6. The zero-order valence-electron chi connectivity index (χ0n) is 14.3. The van der Waals surface area contributed by atoms with Gasteiger partial charge in [0, 0.05) is 0 Å². The lowest BCUT2D eigenvalue weighted by Crippen LogP contribution is -2.33. The number of benzene rings is 2. The third kappa shape index (κ3) is 4.17. The summed E-state index contributed by atoms with van der Waals surface area (Å²) in [6.07, 6.45) is 1.47. The molecule has 138 valence electrons. The molecule has 1 aliphatic heterocycles. The third-order valence-corrected chi connectivity index (χ3v) is 4.69. The highest BCUT2D eigenvalue weighted by Gasteiger charge is 2.35. The standard InChI is InChI=1S/C19H15FN2O4S/c1-26-18(24)14-7-2-3-8-15(14)21-11-22-17(23)16(27-19(22)25)10-12-5-4-6-13(20)9-12/h2-10,21H,11H2,1H3/b16-10-. The van der Waals surface area contributed by atoms with Gasteiger partial charge in [0.1, 0.15) is 5.82 Å². The summed E-state index contributed by atoms with van der Waals surface area (Å²) in [6, 6.07) is 12.4. The maximum absolute atomic E-state index is 13.3. The molecule has 0 unspecified atom stereocenters. The van der Waals surface area contributed by atoms with Gasteiger partial charge in [-0.2, -0.15) is 0 Å². The molecular formula is C19H15FN2O4S. The van der Waals surface area contributed by atoms with Crippen LogP contribution >= 0.6 is 11.8 Å². The number of anilines is 1. The highest BCUT2D eigenvalue weighted by Crippen LogP contribution is 2.32. The highest BCUT2D eigenvalue weighted by atomic mass is 32.2. The molecule has 1 aliphatic rings. The first-order valence-electron chi connectivity index (χ1n) is 7.92. The highest BCUT2D eigenvalue weighted by molar-refractivity contribution is 8.18. The van der Waals surface area contributed by atoms with Gasteiger partial charge in [0.2, 0.25) is 0 Å². The second-order valence-corrected chi connectivity index (χ2v) is 6.53. The van der Waals surface area contributed by atoms with E-state index < -0.39 is 22.9 Å². The van der Waals surface area contributed by atoms with Crippen molar-refractivity contribution in [2.24, 2.45) is 0 Å². The molecular weight excluding hydrogens is 371 g/mol. The number of ether oxygens (including phenoxy) is 1. The summed E-state index contributed by atoms with van der Waals surface area (Å²) in [6.45, 7) is -0.112. The van der Waals surface area contributed by atoms with E-state index in [1.807, 2.05) is 0 Å². The molecule has 2 aromatic carbocycles. The van der Waals surface area contributed by atoms with Crippen molar-refractivity contribution in [2.45, 2.75) is 0 Å². The monoisotopic (exact) mass is 386 g/mol. The zero-order valence-corrected chi connectivity index (χ0v) is 15.1. The second kappa shape index (κ2) is 8.05. The number of para-hydroxylation sites is 1. The van der Waals surface area contributed by atoms with Crippen LogP contribution in [0.15, 0.2) is 53.4 Å². The number of carbonyl (C=O) groups is 3. The number of methoxy groups -OCH3 is 1. The molecule has 27 heavy (non-hydrogen) atoms. The molecule has 3 rings (SSSR count).